The number of benzene rings is 2. The second-order valence-corrected chi connectivity index (χ2v) is 6.51. The number of morpholine rings is 1. The highest BCUT2D eigenvalue weighted by atomic mass is 16.5. The smallest absolute Gasteiger partial charge is 0.0933 e. The van der Waals surface area contributed by atoms with E-state index in [4.69, 9.17) is 4.74 Å². The summed E-state index contributed by atoms with van der Waals surface area (Å²) in [6, 6.07) is 13.1. The van der Waals surface area contributed by atoms with Gasteiger partial charge in [0.25, 0.3) is 0 Å². The number of fused-ring (bicyclic) bond motifs is 3. The van der Waals surface area contributed by atoms with E-state index in [1.807, 2.05) is 0 Å². The van der Waals surface area contributed by atoms with Crippen LogP contribution in [0.2, 0.25) is 0 Å². The maximum Gasteiger partial charge on any atom is 0.0933 e. The molecule has 2 saturated heterocycles. The maximum absolute atomic E-state index is 11.3. The quantitative estimate of drug-likeness (QED) is 0.845. The zero-order chi connectivity index (χ0) is 14.4. The van der Waals surface area contributed by atoms with Gasteiger partial charge in [-0.05, 0) is 41.7 Å². The highest BCUT2D eigenvalue weighted by Crippen LogP contribution is 2.40. The molecule has 2 N–H and O–H groups in total. The lowest BCUT2D eigenvalue weighted by molar-refractivity contribution is -0.0794. The Bertz CT molecular complexity index is 670. The van der Waals surface area contributed by atoms with Gasteiger partial charge in [-0.1, -0.05) is 36.4 Å². The van der Waals surface area contributed by atoms with E-state index in [2.05, 4.69) is 48.6 Å². The first-order valence-corrected chi connectivity index (χ1v) is 7.71. The van der Waals surface area contributed by atoms with Gasteiger partial charge < -0.3 is 15.2 Å². The van der Waals surface area contributed by atoms with Gasteiger partial charge in [-0.15, -0.1) is 0 Å². The third-order valence-electron chi connectivity index (χ3n) is 4.92. The van der Waals surface area contributed by atoms with Gasteiger partial charge in [0.15, 0.2) is 0 Å². The van der Waals surface area contributed by atoms with Crippen molar-refractivity contribution in [1.29, 1.82) is 0 Å². The minimum Gasteiger partial charge on any atom is -0.385 e. The summed E-state index contributed by atoms with van der Waals surface area (Å²) < 4.78 is 5.60. The third kappa shape index (κ3) is 2.16. The average Bonchev–Trinajstić information content (AvgIpc) is 2.47. The SMILES string of the molecule is Cc1ccc(C2(O)CC3COCC(C2)N3)c2ccccc12. The molecular formula is C18H21NO2. The number of nitrogens with one attached hydrogen (secondary N) is 1. The van der Waals surface area contributed by atoms with Crippen LogP contribution in [0, 0.1) is 6.92 Å². The molecule has 2 fully saturated rings. The molecule has 2 aromatic rings. The minimum absolute atomic E-state index is 0.252. The number of hydrogen-bond donors (Lipinski definition) is 2. The zero-order valence-electron chi connectivity index (χ0n) is 12.3. The number of hydrogen-bond acceptors (Lipinski definition) is 3. The molecule has 2 heterocycles. The van der Waals surface area contributed by atoms with E-state index in [1.54, 1.807) is 0 Å². The highest BCUT2D eigenvalue weighted by Gasteiger charge is 2.42. The molecule has 2 aliphatic heterocycles. The number of aliphatic hydroxyl groups is 1. The molecule has 2 bridgehead atoms. The monoisotopic (exact) mass is 283 g/mol. The van der Waals surface area contributed by atoms with Crippen molar-refractivity contribution in [2.45, 2.75) is 37.5 Å². The molecule has 2 atom stereocenters. The average molecular weight is 283 g/mol. The van der Waals surface area contributed by atoms with Crippen LogP contribution in [0.4, 0.5) is 0 Å². The molecule has 0 amide bonds. The Morgan fingerprint density at radius 3 is 2.43 bits per heavy atom. The zero-order valence-corrected chi connectivity index (χ0v) is 12.3. The van der Waals surface area contributed by atoms with Gasteiger partial charge in [0, 0.05) is 12.1 Å². The second kappa shape index (κ2) is 4.80. The van der Waals surface area contributed by atoms with E-state index in [-0.39, 0.29) is 12.1 Å². The topological polar surface area (TPSA) is 41.5 Å². The van der Waals surface area contributed by atoms with E-state index < -0.39 is 5.60 Å². The van der Waals surface area contributed by atoms with Crippen LogP contribution in [-0.2, 0) is 10.3 Å². The summed E-state index contributed by atoms with van der Waals surface area (Å²) >= 11 is 0. The van der Waals surface area contributed by atoms with E-state index >= 15 is 0 Å². The van der Waals surface area contributed by atoms with E-state index in [1.165, 1.54) is 16.3 Å². The van der Waals surface area contributed by atoms with Crippen molar-refractivity contribution in [3.63, 3.8) is 0 Å². The van der Waals surface area contributed by atoms with Crippen LogP contribution >= 0.6 is 0 Å². The molecule has 21 heavy (non-hydrogen) atoms. The Morgan fingerprint density at radius 2 is 1.71 bits per heavy atom. The van der Waals surface area contributed by atoms with Crippen molar-refractivity contribution < 1.29 is 9.84 Å². The number of aryl methyl sites for hydroxylation is 1. The molecular weight excluding hydrogens is 262 g/mol. The van der Waals surface area contributed by atoms with E-state index in [9.17, 15) is 5.11 Å². The fourth-order valence-corrected chi connectivity index (χ4v) is 3.99. The van der Waals surface area contributed by atoms with Crippen molar-refractivity contribution in [1.82, 2.24) is 5.32 Å². The van der Waals surface area contributed by atoms with Gasteiger partial charge in [0.05, 0.1) is 18.8 Å². The number of rotatable bonds is 1. The van der Waals surface area contributed by atoms with Crippen LogP contribution in [0.1, 0.15) is 24.0 Å². The van der Waals surface area contributed by atoms with Crippen molar-refractivity contribution in [3.05, 3.63) is 47.5 Å². The molecule has 3 heteroatoms. The summed E-state index contributed by atoms with van der Waals surface area (Å²) in [6.45, 7) is 3.52. The van der Waals surface area contributed by atoms with E-state index in [0.717, 1.165) is 18.4 Å². The van der Waals surface area contributed by atoms with Gasteiger partial charge in [-0.2, -0.15) is 0 Å². The Kier molecular flexibility index (Phi) is 3.03. The largest absolute Gasteiger partial charge is 0.385 e. The first kappa shape index (κ1) is 13.3. The minimum atomic E-state index is -0.752. The fraction of sp³-hybridized carbons (Fsp3) is 0.444. The molecule has 2 aliphatic rings. The van der Waals surface area contributed by atoms with Crippen LogP contribution in [-0.4, -0.2) is 30.4 Å². The van der Waals surface area contributed by atoms with Crippen LogP contribution in [0.15, 0.2) is 36.4 Å². The van der Waals surface area contributed by atoms with Gasteiger partial charge >= 0.3 is 0 Å². The van der Waals surface area contributed by atoms with Crippen molar-refractivity contribution in [2.75, 3.05) is 13.2 Å². The fourth-order valence-electron chi connectivity index (χ4n) is 3.99. The summed E-state index contributed by atoms with van der Waals surface area (Å²) in [7, 11) is 0. The summed E-state index contributed by atoms with van der Waals surface area (Å²) in [5.41, 5.74) is 1.58. The summed E-state index contributed by atoms with van der Waals surface area (Å²) in [6.07, 6.45) is 1.44. The van der Waals surface area contributed by atoms with Gasteiger partial charge in [0.2, 0.25) is 0 Å². The maximum atomic E-state index is 11.3. The standard InChI is InChI=1S/C18H21NO2/c1-12-6-7-17(16-5-3-2-4-15(12)16)18(20)8-13-10-21-11-14(9-18)19-13/h2-7,13-14,19-20H,8-11H2,1H3. The van der Waals surface area contributed by atoms with Gasteiger partial charge in [0.1, 0.15) is 0 Å². The molecule has 2 aromatic carbocycles. The number of piperidine rings is 1. The number of ether oxygens (including phenoxy) is 1. The molecule has 3 nitrogen and oxygen atoms in total. The predicted octanol–water partition coefficient (Wildman–Crippen LogP) is 2.49. The molecule has 0 aromatic heterocycles. The van der Waals surface area contributed by atoms with Gasteiger partial charge in [-0.25, -0.2) is 0 Å². The Hall–Kier alpha value is -1.42. The molecule has 0 spiro atoms. The summed E-state index contributed by atoms with van der Waals surface area (Å²) in [5.74, 6) is 0. The lowest BCUT2D eigenvalue weighted by Gasteiger charge is -2.45. The normalized spacial score (nSPS) is 32.3. The molecule has 2 unspecified atom stereocenters. The molecule has 110 valence electrons. The van der Waals surface area contributed by atoms with Crippen LogP contribution in [0.25, 0.3) is 10.8 Å². The van der Waals surface area contributed by atoms with Crippen LogP contribution in [0.3, 0.4) is 0 Å². The molecule has 0 aliphatic carbocycles. The van der Waals surface area contributed by atoms with Crippen LogP contribution < -0.4 is 5.32 Å². The second-order valence-electron chi connectivity index (χ2n) is 6.51. The van der Waals surface area contributed by atoms with Crippen molar-refractivity contribution >= 4 is 10.8 Å². The van der Waals surface area contributed by atoms with E-state index in [0.29, 0.717) is 13.2 Å². The predicted molar refractivity (Wildman–Crippen MR) is 83.3 cm³/mol. The van der Waals surface area contributed by atoms with Crippen molar-refractivity contribution in [2.24, 2.45) is 0 Å². The summed E-state index contributed by atoms with van der Waals surface area (Å²) in [5, 5.41) is 17.3. The molecule has 0 radical (unpaired) electrons. The van der Waals surface area contributed by atoms with Crippen molar-refractivity contribution in [3.8, 4) is 0 Å². The van der Waals surface area contributed by atoms with Gasteiger partial charge in [-0.3, -0.25) is 0 Å². The molecule has 0 saturated carbocycles. The molecule has 4 rings (SSSR count). The Labute approximate surface area is 124 Å². The summed E-state index contributed by atoms with van der Waals surface area (Å²) in [4.78, 5) is 0. The Balaban J connectivity index is 1.84. The third-order valence-corrected chi connectivity index (χ3v) is 4.92. The first-order chi connectivity index (χ1) is 10.2. The Morgan fingerprint density at radius 1 is 1.05 bits per heavy atom. The first-order valence-electron chi connectivity index (χ1n) is 7.71. The lowest BCUT2D eigenvalue weighted by Crippen LogP contribution is -2.58. The van der Waals surface area contributed by atoms with Crippen LogP contribution in [0.5, 0.6) is 0 Å². The lowest BCUT2D eigenvalue weighted by atomic mass is 9.76. The highest BCUT2D eigenvalue weighted by molar-refractivity contribution is 5.89.